The van der Waals surface area contributed by atoms with Gasteiger partial charge >= 0.3 is 0 Å². The van der Waals surface area contributed by atoms with Crippen LogP contribution < -0.4 is 0 Å². The highest BCUT2D eigenvalue weighted by molar-refractivity contribution is 14.1. The van der Waals surface area contributed by atoms with E-state index in [9.17, 15) is 0 Å². The summed E-state index contributed by atoms with van der Waals surface area (Å²) in [4.78, 5) is 32.2. The number of aryl methyl sites for hydroxylation is 2. The standard InChI is InChI=1S/C68H52I2N8/c1-3-5-20-43-36-48(40-50(69)38-43)66-72-65(73-67(74-66)49-37-44(21-6-4-2)39-51(70)41-49)47-32-34-59(56(42-47)68-75-63(45-22-10-7-11-23-45)71-64(76-68)46-24-12-8-13-25-46)78-58-31-19-17-29-55(58)61-60(78)35-33-54-53-28-16-18-30-57(53)77(62(54)61)52-26-14-9-15-27-52/h7-19,22-42H,3-6,20-21H2,1-2H3. The van der Waals surface area contributed by atoms with E-state index in [-0.39, 0.29) is 0 Å². The van der Waals surface area contributed by atoms with Crippen molar-refractivity contribution in [1.82, 2.24) is 39.0 Å². The summed E-state index contributed by atoms with van der Waals surface area (Å²) in [6.45, 7) is 4.48. The van der Waals surface area contributed by atoms with Crippen LogP contribution in [0.3, 0.4) is 0 Å². The van der Waals surface area contributed by atoms with Crippen LogP contribution in [0.15, 0.2) is 206 Å². The van der Waals surface area contributed by atoms with Crippen molar-refractivity contribution >= 4 is 88.8 Å². The quantitative estimate of drug-likeness (QED) is 0.101. The van der Waals surface area contributed by atoms with E-state index < -0.39 is 0 Å². The van der Waals surface area contributed by atoms with Crippen molar-refractivity contribution in [2.45, 2.75) is 52.4 Å². The summed E-state index contributed by atoms with van der Waals surface area (Å²) < 4.78 is 7.11. The van der Waals surface area contributed by atoms with E-state index in [0.717, 1.165) is 123 Å². The molecule has 78 heavy (non-hydrogen) atoms. The lowest BCUT2D eigenvalue weighted by Gasteiger charge is -2.17. The van der Waals surface area contributed by atoms with Crippen molar-refractivity contribution in [3.05, 3.63) is 225 Å². The van der Waals surface area contributed by atoms with Gasteiger partial charge in [0.25, 0.3) is 0 Å². The van der Waals surface area contributed by atoms with Crippen molar-refractivity contribution in [1.29, 1.82) is 0 Å². The minimum atomic E-state index is 0.524. The Hall–Kier alpha value is -7.94. The number of unbranched alkanes of at least 4 members (excludes halogenated alkanes) is 2. The van der Waals surface area contributed by atoms with Crippen LogP contribution in [0.1, 0.15) is 50.7 Å². The van der Waals surface area contributed by atoms with Crippen LogP contribution >= 0.6 is 45.2 Å². The summed E-state index contributed by atoms with van der Waals surface area (Å²) in [5.74, 6) is 3.49. The lowest BCUT2D eigenvalue weighted by molar-refractivity contribution is 0.794. The van der Waals surface area contributed by atoms with Crippen LogP contribution in [-0.2, 0) is 12.8 Å². The van der Waals surface area contributed by atoms with E-state index in [2.05, 4.69) is 238 Å². The van der Waals surface area contributed by atoms with Gasteiger partial charge in [0, 0.05) is 67.8 Å². The van der Waals surface area contributed by atoms with Gasteiger partial charge in [-0.1, -0.05) is 148 Å². The summed E-state index contributed by atoms with van der Waals surface area (Å²) in [6.07, 6.45) is 6.41. The molecule has 8 nitrogen and oxygen atoms in total. The first kappa shape index (κ1) is 49.6. The third-order valence-corrected chi connectivity index (χ3v) is 15.9. The van der Waals surface area contributed by atoms with Gasteiger partial charge in [-0.05, 0) is 167 Å². The number of fused-ring (bicyclic) bond motifs is 7. The molecule has 0 N–H and O–H groups in total. The number of benzene rings is 9. The fourth-order valence-corrected chi connectivity index (χ4v) is 12.4. The first-order valence-corrected chi connectivity index (χ1v) is 28.9. The number of para-hydroxylation sites is 3. The predicted molar refractivity (Wildman–Crippen MR) is 337 cm³/mol. The molecule has 0 radical (unpaired) electrons. The fourth-order valence-electron chi connectivity index (χ4n) is 11.0. The molecule has 0 aliphatic rings. The highest BCUT2D eigenvalue weighted by Crippen LogP contribution is 2.44. The molecule has 0 atom stereocenters. The SMILES string of the molecule is CCCCc1cc(I)cc(-c2nc(-c3cc(I)cc(CCCC)c3)nc(-c3ccc(-n4c5ccccc5c5c4ccc4c6ccccc6n(-c6ccccc6)c45)c(-c4nc(-c5ccccc5)nc(-c5ccccc5)n4)c3)n2)c1. The van der Waals surface area contributed by atoms with E-state index in [1.54, 1.807) is 0 Å². The smallest absolute Gasteiger partial charge is 0.166 e. The lowest BCUT2D eigenvalue weighted by atomic mass is 10.0. The third-order valence-electron chi connectivity index (χ3n) is 14.6. The zero-order chi connectivity index (χ0) is 52.7. The van der Waals surface area contributed by atoms with Crippen molar-refractivity contribution in [3.8, 4) is 79.7 Å². The molecule has 10 heteroatoms. The second-order valence-electron chi connectivity index (χ2n) is 19.9. The predicted octanol–water partition coefficient (Wildman–Crippen LogP) is 18.1. The van der Waals surface area contributed by atoms with Gasteiger partial charge in [-0.15, -0.1) is 0 Å². The molecule has 4 heterocycles. The average Bonchev–Trinajstić information content (AvgIpc) is 4.21. The third kappa shape index (κ3) is 9.44. The molecular weight excluding hydrogens is 1180 g/mol. The second-order valence-corrected chi connectivity index (χ2v) is 22.4. The summed E-state index contributed by atoms with van der Waals surface area (Å²) in [7, 11) is 0. The van der Waals surface area contributed by atoms with Crippen molar-refractivity contribution in [2.75, 3.05) is 0 Å². The fraction of sp³-hybridized carbons (Fsp3) is 0.118. The van der Waals surface area contributed by atoms with Gasteiger partial charge < -0.3 is 9.13 Å². The van der Waals surface area contributed by atoms with E-state index >= 15 is 0 Å². The van der Waals surface area contributed by atoms with E-state index in [1.807, 2.05) is 36.4 Å². The lowest BCUT2D eigenvalue weighted by Crippen LogP contribution is -2.05. The Labute approximate surface area is 480 Å². The molecule has 0 spiro atoms. The number of hydrogen-bond donors (Lipinski definition) is 0. The molecule has 0 fully saturated rings. The Morgan fingerprint density at radius 3 is 1.40 bits per heavy atom. The molecule has 378 valence electrons. The maximum atomic E-state index is 5.42. The van der Waals surface area contributed by atoms with Crippen molar-refractivity contribution in [3.63, 3.8) is 0 Å². The minimum absolute atomic E-state index is 0.524. The highest BCUT2D eigenvalue weighted by Gasteiger charge is 2.25. The van der Waals surface area contributed by atoms with Crippen LogP contribution in [0.25, 0.3) is 123 Å². The van der Waals surface area contributed by atoms with Gasteiger partial charge in [-0.25, -0.2) is 29.9 Å². The average molecular weight is 1240 g/mol. The first-order chi connectivity index (χ1) is 38.4. The molecule has 0 amide bonds. The van der Waals surface area contributed by atoms with Crippen LogP contribution in [0.2, 0.25) is 0 Å². The molecule has 0 unspecified atom stereocenters. The normalized spacial score (nSPS) is 11.6. The zero-order valence-electron chi connectivity index (χ0n) is 43.2. The molecule has 9 aromatic carbocycles. The number of aromatic nitrogens is 8. The van der Waals surface area contributed by atoms with Gasteiger partial charge in [0.2, 0.25) is 0 Å². The van der Waals surface area contributed by atoms with Gasteiger partial charge in [-0.3, -0.25) is 0 Å². The Bertz CT molecular complexity index is 4250. The number of hydrogen-bond acceptors (Lipinski definition) is 6. The molecule has 13 rings (SSSR count). The van der Waals surface area contributed by atoms with E-state index in [4.69, 9.17) is 29.9 Å². The Morgan fingerprint density at radius 1 is 0.359 bits per heavy atom. The van der Waals surface area contributed by atoms with E-state index in [0.29, 0.717) is 34.9 Å². The monoisotopic (exact) mass is 1230 g/mol. The largest absolute Gasteiger partial charge is 0.309 e. The number of halogens is 2. The topological polar surface area (TPSA) is 87.2 Å². The van der Waals surface area contributed by atoms with Gasteiger partial charge in [-0.2, -0.15) is 0 Å². The van der Waals surface area contributed by atoms with Crippen LogP contribution in [0, 0.1) is 7.14 Å². The molecule has 0 bridgehead atoms. The number of rotatable bonds is 14. The molecule has 0 aliphatic heterocycles. The van der Waals surface area contributed by atoms with Crippen molar-refractivity contribution < 1.29 is 0 Å². The van der Waals surface area contributed by atoms with Crippen molar-refractivity contribution in [2.24, 2.45) is 0 Å². The molecule has 4 aromatic heterocycles. The van der Waals surface area contributed by atoms with Crippen LogP contribution in [-0.4, -0.2) is 39.0 Å². The first-order valence-electron chi connectivity index (χ1n) is 26.8. The maximum absolute atomic E-state index is 5.42. The summed E-state index contributed by atoms with van der Waals surface area (Å²) in [6, 6.07) is 73.1. The summed E-state index contributed by atoms with van der Waals surface area (Å²) >= 11 is 4.87. The highest BCUT2D eigenvalue weighted by atomic mass is 127. The van der Waals surface area contributed by atoms with Crippen LogP contribution in [0.4, 0.5) is 0 Å². The Kier molecular flexibility index (Phi) is 13.7. The molecule has 13 aromatic rings. The molecule has 0 saturated heterocycles. The Morgan fingerprint density at radius 2 is 0.833 bits per heavy atom. The Balaban J connectivity index is 1.11. The van der Waals surface area contributed by atoms with Gasteiger partial charge in [0.15, 0.2) is 34.9 Å². The second kappa shape index (κ2) is 21.5. The summed E-state index contributed by atoms with van der Waals surface area (Å²) in [5.41, 5.74) is 14.3. The van der Waals surface area contributed by atoms with Gasteiger partial charge in [0.1, 0.15) is 0 Å². The summed E-state index contributed by atoms with van der Waals surface area (Å²) in [5, 5.41) is 4.68. The van der Waals surface area contributed by atoms with E-state index in [1.165, 1.54) is 21.9 Å². The zero-order valence-corrected chi connectivity index (χ0v) is 47.5. The molecular formula is C68H52I2N8. The minimum Gasteiger partial charge on any atom is -0.309 e. The number of nitrogens with zero attached hydrogens (tertiary/aromatic N) is 8. The maximum Gasteiger partial charge on any atom is 0.166 e. The molecule has 0 aliphatic carbocycles. The van der Waals surface area contributed by atoms with Gasteiger partial charge in [0.05, 0.1) is 27.8 Å². The molecule has 0 saturated carbocycles. The van der Waals surface area contributed by atoms with Crippen LogP contribution in [0.5, 0.6) is 0 Å².